The van der Waals surface area contributed by atoms with E-state index in [-0.39, 0.29) is 16.8 Å². The number of ether oxygens (including phenoxy) is 1. The van der Waals surface area contributed by atoms with Gasteiger partial charge in [-0.05, 0) is 25.0 Å². The minimum absolute atomic E-state index is 0.282. The van der Waals surface area contributed by atoms with Crippen LogP contribution in [0, 0.1) is 10.1 Å². The van der Waals surface area contributed by atoms with Crippen LogP contribution in [0.25, 0.3) is 0 Å². The van der Waals surface area contributed by atoms with Crippen LogP contribution in [-0.4, -0.2) is 57.3 Å². The summed E-state index contributed by atoms with van der Waals surface area (Å²) in [6, 6.07) is 4.25. The van der Waals surface area contributed by atoms with Crippen LogP contribution in [0.2, 0.25) is 0 Å². The van der Waals surface area contributed by atoms with Crippen LogP contribution in [0.5, 0.6) is 0 Å². The standard InChI is InChI=1S/C14H20N4O5S/c1-16(14-9-17(6-7-23-14)10-2-3-10)12-5-4-11(24(15,21)22)8-13(12)18(19)20/h4-5,8,10,14H,2-3,6-7,9H2,1H3,(H2,15,21,22). The Morgan fingerprint density at radius 1 is 1.42 bits per heavy atom. The molecule has 2 fully saturated rings. The zero-order valence-electron chi connectivity index (χ0n) is 13.3. The van der Waals surface area contributed by atoms with Crippen LogP contribution in [0.15, 0.2) is 23.1 Å². The van der Waals surface area contributed by atoms with Crippen LogP contribution >= 0.6 is 0 Å². The molecule has 0 amide bonds. The lowest BCUT2D eigenvalue weighted by molar-refractivity contribution is -0.384. The van der Waals surface area contributed by atoms with Gasteiger partial charge >= 0.3 is 0 Å². The molecule has 0 radical (unpaired) electrons. The summed E-state index contributed by atoms with van der Waals surface area (Å²) in [5.41, 5.74) is -0.00813. The van der Waals surface area contributed by atoms with E-state index in [1.807, 2.05) is 0 Å². The first-order valence-corrected chi connectivity index (χ1v) is 9.22. The summed E-state index contributed by atoms with van der Waals surface area (Å²) in [6.07, 6.45) is 2.04. The molecule has 1 aromatic rings. The lowest BCUT2D eigenvalue weighted by Crippen LogP contribution is -2.50. The molecular weight excluding hydrogens is 336 g/mol. The number of rotatable bonds is 5. The predicted octanol–water partition coefficient (Wildman–Crippen LogP) is 0.499. The van der Waals surface area contributed by atoms with E-state index in [0.717, 1.165) is 12.6 Å². The smallest absolute Gasteiger partial charge is 0.293 e. The van der Waals surface area contributed by atoms with Crippen molar-refractivity contribution in [1.82, 2.24) is 4.90 Å². The molecule has 3 rings (SSSR count). The number of nitrogens with zero attached hydrogens (tertiary/aromatic N) is 3. The van der Waals surface area contributed by atoms with Gasteiger partial charge in [-0.15, -0.1) is 0 Å². The molecule has 0 spiro atoms. The fourth-order valence-corrected chi connectivity index (χ4v) is 3.47. The van der Waals surface area contributed by atoms with E-state index in [1.165, 1.54) is 25.0 Å². The number of hydrogen-bond donors (Lipinski definition) is 1. The minimum Gasteiger partial charge on any atom is -0.356 e. The summed E-state index contributed by atoms with van der Waals surface area (Å²) in [5.74, 6) is 0. The van der Waals surface area contributed by atoms with Crippen LogP contribution in [-0.2, 0) is 14.8 Å². The summed E-state index contributed by atoms with van der Waals surface area (Å²) in [7, 11) is -2.29. The van der Waals surface area contributed by atoms with Gasteiger partial charge in [-0.1, -0.05) is 0 Å². The van der Waals surface area contributed by atoms with E-state index in [4.69, 9.17) is 9.88 Å². The largest absolute Gasteiger partial charge is 0.356 e. The van der Waals surface area contributed by atoms with Crippen molar-refractivity contribution in [2.24, 2.45) is 5.14 Å². The maximum atomic E-state index is 11.4. The van der Waals surface area contributed by atoms with E-state index in [0.29, 0.717) is 24.9 Å². The normalized spacial score (nSPS) is 22.3. The molecular formula is C14H20N4O5S. The second-order valence-corrected chi connectivity index (χ2v) is 7.68. The number of anilines is 1. The third-order valence-corrected chi connectivity index (χ3v) is 5.34. The van der Waals surface area contributed by atoms with Crippen molar-refractivity contribution < 1.29 is 18.1 Å². The molecule has 1 aliphatic heterocycles. The molecule has 9 nitrogen and oxygen atoms in total. The van der Waals surface area contributed by atoms with Crippen LogP contribution in [0.1, 0.15) is 12.8 Å². The molecule has 10 heteroatoms. The summed E-state index contributed by atoms with van der Waals surface area (Å²) < 4.78 is 28.6. The predicted molar refractivity (Wildman–Crippen MR) is 87.2 cm³/mol. The van der Waals surface area contributed by atoms with Crippen LogP contribution < -0.4 is 10.0 Å². The monoisotopic (exact) mass is 356 g/mol. The third-order valence-electron chi connectivity index (χ3n) is 4.43. The van der Waals surface area contributed by atoms with Crippen molar-refractivity contribution in [2.75, 3.05) is 31.6 Å². The Hall–Kier alpha value is -1.75. The maximum Gasteiger partial charge on any atom is 0.293 e. The van der Waals surface area contributed by atoms with Gasteiger partial charge in [0.15, 0.2) is 0 Å². The second-order valence-electron chi connectivity index (χ2n) is 6.12. The molecule has 1 unspecified atom stereocenters. The van der Waals surface area contributed by atoms with Gasteiger partial charge in [0.25, 0.3) is 5.69 Å². The van der Waals surface area contributed by atoms with Crippen LogP contribution in [0.4, 0.5) is 11.4 Å². The van der Waals surface area contributed by atoms with E-state index in [9.17, 15) is 18.5 Å². The van der Waals surface area contributed by atoms with Gasteiger partial charge in [0.05, 0.1) is 16.4 Å². The lowest BCUT2D eigenvalue weighted by atomic mass is 10.2. The first-order valence-electron chi connectivity index (χ1n) is 7.67. The topological polar surface area (TPSA) is 119 Å². The average molecular weight is 356 g/mol. The Balaban J connectivity index is 1.88. The van der Waals surface area contributed by atoms with Crippen molar-refractivity contribution in [2.45, 2.75) is 30.0 Å². The number of nitro benzene ring substituents is 1. The average Bonchev–Trinajstić information content (AvgIpc) is 3.37. The van der Waals surface area contributed by atoms with Crippen molar-refractivity contribution in [3.05, 3.63) is 28.3 Å². The molecule has 0 bridgehead atoms. The fraction of sp³-hybridized carbons (Fsp3) is 0.571. The highest BCUT2D eigenvalue weighted by Crippen LogP contribution is 2.33. The Bertz CT molecular complexity index is 750. The fourth-order valence-electron chi connectivity index (χ4n) is 2.94. The number of nitro groups is 1. The van der Waals surface area contributed by atoms with E-state index < -0.39 is 14.9 Å². The Morgan fingerprint density at radius 3 is 2.71 bits per heavy atom. The molecule has 2 aliphatic rings. The van der Waals surface area contributed by atoms with Gasteiger partial charge in [0.2, 0.25) is 10.0 Å². The Kier molecular flexibility index (Phi) is 4.47. The van der Waals surface area contributed by atoms with Crippen molar-refractivity contribution in [3.63, 3.8) is 0 Å². The zero-order valence-corrected chi connectivity index (χ0v) is 14.1. The van der Waals surface area contributed by atoms with Crippen molar-refractivity contribution >= 4 is 21.4 Å². The summed E-state index contributed by atoms with van der Waals surface area (Å²) in [4.78, 5) is 14.5. The quantitative estimate of drug-likeness (QED) is 0.602. The molecule has 1 atom stereocenters. The van der Waals surface area contributed by atoms with Gasteiger partial charge < -0.3 is 9.64 Å². The molecule has 1 saturated carbocycles. The molecule has 2 N–H and O–H groups in total. The lowest BCUT2D eigenvalue weighted by Gasteiger charge is -2.38. The number of sulfonamides is 1. The van der Waals surface area contributed by atoms with Crippen molar-refractivity contribution in [1.29, 1.82) is 0 Å². The van der Waals surface area contributed by atoms with Crippen LogP contribution in [0.3, 0.4) is 0 Å². The van der Waals surface area contributed by atoms with Gasteiger partial charge in [0.1, 0.15) is 11.9 Å². The molecule has 1 saturated heterocycles. The van der Waals surface area contributed by atoms with E-state index in [2.05, 4.69) is 4.90 Å². The summed E-state index contributed by atoms with van der Waals surface area (Å²) >= 11 is 0. The van der Waals surface area contributed by atoms with Gasteiger partial charge in [0, 0.05) is 32.2 Å². The summed E-state index contributed by atoms with van der Waals surface area (Å²) in [6.45, 7) is 2.09. The summed E-state index contributed by atoms with van der Waals surface area (Å²) in [5, 5.41) is 16.4. The van der Waals surface area contributed by atoms with Gasteiger partial charge in [-0.3, -0.25) is 15.0 Å². The molecule has 1 aromatic carbocycles. The van der Waals surface area contributed by atoms with Crippen molar-refractivity contribution in [3.8, 4) is 0 Å². The number of benzene rings is 1. The number of morpholine rings is 1. The Morgan fingerprint density at radius 2 is 2.12 bits per heavy atom. The van der Waals surface area contributed by atoms with E-state index >= 15 is 0 Å². The number of likely N-dealkylation sites (N-methyl/N-ethyl adjacent to an activating group) is 1. The SMILES string of the molecule is CN(c1ccc(S(N)(=O)=O)cc1[N+](=O)[O-])C1CN(C2CC2)CCO1. The third kappa shape index (κ3) is 3.51. The molecule has 1 aliphatic carbocycles. The maximum absolute atomic E-state index is 11.4. The molecule has 24 heavy (non-hydrogen) atoms. The Labute approximate surface area is 140 Å². The number of primary sulfonamides is 1. The van der Waals surface area contributed by atoms with Gasteiger partial charge in [-0.2, -0.15) is 0 Å². The minimum atomic E-state index is -4.00. The molecule has 132 valence electrons. The van der Waals surface area contributed by atoms with E-state index in [1.54, 1.807) is 11.9 Å². The molecule has 0 aromatic heterocycles. The van der Waals surface area contributed by atoms with Gasteiger partial charge in [-0.25, -0.2) is 13.6 Å². The highest BCUT2D eigenvalue weighted by atomic mass is 32.2. The number of hydrogen-bond acceptors (Lipinski definition) is 7. The molecule has 1 heterocycles. The highest BCUT2D eigenvalue weighted by molar-refractivity contribution is 7.89. The highest BCUT2D eigenvalue weighted by Gasteiger charge is 2.35. The first-order chi connectivity index (χ1) is 11.3. The zero-order chi connectivity index (χ0) is 17.5. The number of nitrogens with two attached hydrogens (primary N) is 1. The first kappa shape index (κ1) is 17.1. The second kappa shape index (κ2) is 6.28.